The molecule has 6 heteroatoms. The van der Waals surface area contributed by atoms with Gasteiger partial charge in [0.2, 0.25) is 5.91 Å². The molecule has 0 aliphatic carbocycles. The maximum absolute atomic E-state index is 12.5. The number of methoxy groups -OCH3 is 1. The fourth-order valence-corrected chi connectivity index (χ4v) is 2.91. The van der Waals surface area contributed by atoms with Crippen molar-refractivity contribution in [1.29, 1.82) is 0 Å². The molecule has 0 saturated carbocycles. The third kappa shape index (κ3) is 5.96. The average molecular weight is 347 g/mol. The van der Waals surface area contributed by atoms with Crippen LogP contribution in [0.2, 0.25) is 0 Å². The fraction of sp³-hybridized carbons (Fsp3) is 0.579. The van der Waals surface area contributed by atoms with Crippen molar-refractivity contribution in [3.05, 3.63) is 24.3 Å². The quantitative estimate of drug-likeness (QED) is 0.831. The van der Waals surface area contributed by atoms with Crippen molar-refractivity contribution in [2.45, 2.75) is 33.1 Å². The third-order valence-electron chi connectivity index (χ3n) is 4.42. The summed E-state index contributed by atoms with van der Waals surface area (Å²) in [5.74, 6) is 1.19. The molecule has 1 aromatic rings. The number of carbonyl (C=O) groups excluding carboxylic acids is 2. The van der Waals surface area contributed by atoms with Crippen molar-refractivity contribution < 1.29 is 14.3 Å². The van der Waals surface area contributed by atoms with E-state index in [4.69, 9.17) is 4.74 Å². The highest BCUT2D eigenvalue weighted by molar-refractivity contribution is 5.90. The molecule has 1 atom stereocenters. The Kier molecular flexibility index (Phi) is 7.10. The maximum atomic E-state index is 12.5. The molecule has 1 heterocycles. The van der Waals surface area contributed by atoms with Crippen LogP contribution in [0.3, 0.4) is 0 Å². The van der Waals surface area contributed by atoms with Crippen molar-refractivity contribution in [3.8, 4) is 5.75 Å². The number of hydrogen-bond donors (Lipinski definition) is 2. The van der Waals surface area contributed by atoms with Crippen molar-refractivity contribution in [2.24, 2.45) is 11.8 Å². The van der Waals surface area contributed by atoms with Gasteiger partial charge in [-0.3, -0.25) is 4.79 Å². The lowest BCUT2D eigenvalue weighted by Crippen LogP contribution is -2.47. The minimum atomic E-state index is -0.173. The Hall–Kier alpha value is -2.24. The lowest BCUT2D eigenvalue weighted by atomic mass is 9.97. The summed E-state index contributed by atoms with van der Waals surface area (Å²) in [6.45, 7) is 6.10. The largest absolute Gasteiger partial charge is 0.497 e. The van der Waals surface area contributed by atoms with E-state index in [0.29, 0.717) is 37.0 Å². The Morgan fingerprint density at radius 3 is 2.88 bits per heavy atom. The van der Waals surface area contributed by atoms with Crippen LogP contribution in [0.5, 0.6) is 5.75 Å². The second kappa shape index (κ2) is 9.30. The highest BCUT2D eigenvalue weighted by Crippen LogP contribution is 2.20. The zero-order valence-corrected chi connectivity index (χ0v) is 15.4. The van der Waals surface area contributed by atoms with E-state index in [9.17, 15) is 9.59 Å². The summed E-state index contributed by atoms with van der Waals surface area (Å²) in [7, 11) is 1.59. The minimum Gasteiger partial charge on any atom is -0.497 e. The zero-order valence-electron chi connectivity index (χ0n) is 15.4. The van der Waals surface area contributed by atoms with Gasteiger partial charge in [-0.1, -0.05) is 19.9 Å². The van der Waals surface area contributed by atoms with Gasteiger partial charge in [-0.2, -0.15) is 0 Å². The van der Waals surface area contributed by atoms with Gasteiger partial charge in [0, 0.05) is 31.4 Å². The van der Waals surface area contributed by atoms with Crippen LogP contribution in [0.25, 0.3) is 0 Å². The number of urea groups is 1. The Labute approximate surface area is 149 Å². The molecule has 0 aromatic heterocycles. The van der Waals surface area contributed by atoms with Crippen LogP contribution >= 0.6 is 0 Å². The standard InChI is InChI=1S/C19H29N3O3/c1-14(2)9-10-20-18(23)15-6-5-11-22(13-15)19(24)21-16-7-4-8-17(12-16)25-3/h4,7-8,12,14-15H,5-6,9-11,13H2,1-3H3,(H,20,23)(H,21,24)/t15-/m0/s1. The molecule has 25 heavy (non-hydrogen) atoms. The van der Waals surface area contributed by atoms with Crippen LogP contribution < -0.4 is 15.4 Å². The molecule has 2 N–H and O–H groups in total. The van der Waals surface area contributed by atoms with Crippen LogP contribution in [-0.2, 0) is 4.79 Å². The molecule has 2 rings (SSSR count). The summed E-state index contributed by atoms with van der Waals surface area (Å²) in [5.41, 5.74) is 0.688. The second-order valence-corrected chi connectivity index (χ2v) is 6.92. The molecule has 1 aromatic carbocycles. The highest BCUT2D eigenvalue weighted by Gasteiger charge is 2.28. The molecule has 0 unspecified atom stereocenters. The Bertz CT molecular complexity index is 589. The molecule has 3 amide bonds. The maximum Gasteiger partial charge on any atom is 0.321 e. The minimum absolute atomic E-state index is 0.0551. The first-order valence-electron chi connectivity index (χ1n) is 8.97. The van der Waals surface area contributed by atoms with E-state index < -0.39 is 0 Å². The number of nitrogens with zero attached hydrogens (tertiary/aromatic N) is 1. The molecule has 6 nitrogen and oxygen atoms in total. The topological polar surface area (TPSA) is 70.7 Å². The van der Waals surface area contributed by atoms with E-state index in [2.05, 4.69) is 24.5 Å². The van der Waals surface area contributed by atoms with E-state index >= 15 is 0 Å². The van der Waals surface area contributed by atoms with Crippen LogP contribution in [-0.4, -0.2) is 43.6 Å². The number of amides is 3. The highest BCUT2D eigenvalue weighted by atomic mass is 16.5. The summed E-state index contributed by atoms with van der Waals surface area (Å²) in [6.07, 6.45) is 2.64. The predicted molar refractivity (Wildman–Crippen MR) is 98.8 cm³/mol. The van der Waals surface area contributed by atoms with Gasteiger partial charge in [-0.15, -0.1) is 0 Å². The lowest BCUT2D eigenvalue weighted by molar-refractivity contribution is -0.126. The first-order chi connectivity index (χ1) is 12.0. The van der Waals surface area contributed by atoms with Crippen molar-refractivity contribution in [2.75, 3.05) is 32.1 Å². The van der Waals surface area contributed by atoms with E-state index in [-0.39, 0.29) is 17.9 Å². The molecule has 1 aliphatic rings. The smallest absolute Gasteiger partial charge is 0.321 e. The van der Waals surface area contributed by atoms with E-state index in [0.717, 1.165) is 19.3 Å². The summed E-state index contributed by atoms with van der Waals surface area (Å²) in [6, 6.07) is 7.08. The summed E-state index contributed by atoms with van der Waals surface area (Å²) in [4.78, 5) is 26.5. The Balaban J connectivity index is 1.86. The predicted octanol–water partition coefficient (Wildman–Crippen LogP) is 3.10. The van der Waals surface area contributed by atoms with Gasteiger partial charge in [-0.25, -0.2) is 4.79 Å². The summed E-state index contributed by atoms with van der Waals surface area (Å²) < 4.78 is 5.17. The molecular formula is C19H29N3O3. The SMILES string of the molecule is COc1cccc(NC(=O)N2CCC[C@H](C(=O)NCCC(C)C)C2)c1. The lowest BCUT2D eigenvalue weighted by Gasteiger charge is -2.32. The number of likely N-dealkylation sites (tertiary alicyclic amines) is 1. The molecule has 0 spiro atoms. The van der Waals surface area contributed by atoms with Gasteiger partial charge >= 0.3 is 6.03 Å². The molecule has 0 radical (unpaired) electrons. The average Bonchev–Trinajstić information content (AvgIpc) is 2.61. The molecular weight excluding hydrogens is 318 g/mol. The first-order valence-corrected chi connectivity index (χ1v) is 8.97. The number of benzene rings is 1. The third-order valence-corrected chi connectivity index (χ3v) is 4.42. The fourth-order valence-electron chi connectivity index (χ4n) is 2.91. The second-order valence-electron chi connectivity index (χ2n) is 6.92. The van der Waals surface area contributed by atoms with Crippen LogP contribution in [0.1, 0.15) is 33.1 Å². The zero-order chi connectivity index (χ0) is 18.2. The first kappa shape index (κ1) is 19.1. The van der Waals surface area contributed by atoms with Gasteiger partial charge in [-0.05, 0) is 37.3 Å². The normalized spacial score (nSPS) is 17.3. The van der Waals surface area contributed by atoms with E-state index in [1.165, 1.54) is 0 Å². The number of carbonyl (C=O) groups is 2. The number of nitrogens with one attached hydrogen (secondary N) is 2. The Morgan fingerprint density at radius 1 is 1.36 bits per heavy atom. The Morgan fingerprint density at radius 2 is 2.16 bits per heavy atom. The van der Waals surface area contributed by atoms with Crippen molar-refractivity contribution >= 4 is 17.6 Å². The molecule has 1 aliphatic heterocycles. The van der Waals surface area contributed by atoms with Gasteiger partial charge in [0.1, 0.15) is 5.75 Å². The molecule has 1 fully saturated rings. The summed E-state index contributed by atoms with van der Waals surface area (Å²) >= 11 is 0. The molecule has 0 bridgehead atoms. The molecule has 1 saturated heterocycles. The van der Waals surface area contributed by atoms with Crippen molar-refractivity contribution in [1.82, 2.24) is 10.2 Å². The number of hydrogen-bond acceptors (Lipinski definition) is 3. The van der Waals surface area contributed by atoms with Gasteiger partial charge in [0.05, 0.1) is 13.0 Å². The van der Waals surface area contributed by atoms with E-state index in [1.54, 1.807) is 18.1 Å². The van der Waals surface area contributed by atoms with Crippen LogP contribution in [0.15, 0.2) is 24.3 Å². The van der Waals surface area contributed by atoms with Gasteiger partial charge in [0.15, 0.2) is 0 Å². The molecule has 138 valence electrons. The van der Waals surface area contributed by atoms with E-state index in [1.807, 2.05) is 18.2 Å². The number of ether oxygens (including phenoxy) is 1. The van der Waals surface area contributed by atoms with Crippen LogP contribution in [0.4, 0.5) is 10.5 Å². The number of rotatable bonds is 6. The van der Waals surface area contributed by atoms with Gasteiger partial charge < -0.3 is 20.3 Å². The monoisotopic (exact) mass is 347 g/mol. The van der Waals surface area contributed by atoms with Gasteiger partial charge in [0.25, 0.3) is 0 Å². The van der Waals surface area contributed by atoms with Crippen LogP contribution in [0, 0.1) is 11.8 Å². The number of piperidine rings is 1. The number of anilines is 1. The van der Waals surface area contributed by atoms with Crippen molar-refractivity contribution in [3.63, 3.8) is 0 Å². The summed E-state index contributed by atoms with van der Waals surface area (Å²) in [5, 5.41) is 5.87.